The monoisotopic (exact) mass is 327 g/mol. The molecule has 2 N–H and O–H groups in total. The number of rotatable bonds is 4. The Balaban J connectivity index is 3.37. The van der Waals surface area contributed by atoms with Crippen molar-refractivity contribution in [2.45, 2.75) is 6.30 Å². The third kappa shape index (κ3) is 4.95. The Labute approximate surface area is 116 Å². The summed E-state index contributed by atoms with van der Waals surface area (Å²) in [6.07, 6.45) is -4.46. The molecule has 11 heteroatoms. The molecule has 21 heavy (non-hydrogen) atoms. The molecule has 1 amide bonds. The average molecular weight is 327 g/mol. The largest absolute Gasteiger partial charge is 0.484 e. The first-order chi connectivity index (χ1) is 9.41. The zero-order chi connectivity index (χ0) is 16.4. The van der Waals surface area contributed by atoms with E-state index in [1.807, 2.05) is 0 Å². The molecule has 0 radical (unpaired) electrons. The van der Waals surface area contributed by atoms with E-state index in [0.717, 1.165) is 18.2 Å². The SMILES string of the molecule is CS(=O)(=O)Oc1cccc(C(=O)NC(F)(F)F)c1C(=O)O. The van der Waals surface area contributed by atoms with E-state index in [-0.39, 0.29) is 0 Å². The van der Waals surface area contributed by atoms with Crippen molar-refractivity contribution in [1.29, 1.82) is 0 Å². The summed E-state index contributed by atoms with van der Waals surface area (Å²) < 4.78 is 62.6. The highest BCUT2D eigenvalue weighted by Crippen LogP contribution is 2.25. The van der Waals surface area contributed by atoms with Crippen LogP contribution in [0.25, 0.3) is 0 Å². The van der Waals surface area contributed by atoms with Gasteiger partial charge in [0.05, 0.1) is 11.8 Å². The van der Waals surface area contributed by atoms with Crippen molar-refractivity contribution in [3.8, 4) is 5.75 Å². The summed E-state index contributed by atoms with van der Waals surface area (Å²) >= 11 is 0. The molecule has 0 aliphatic heterocycles. The Bertz CT molecular complexity index is 683. The fourth-order valence-electron chi connectivity index (χ4n) is 1.37. The number of carbonyl (C=O) groups is 2. The van der Waals surface area contributed by atoms with E-state index >= 15 is 0 Å². The molecule has 0 atom stereocenters. The van der Waals surface area contributed by atoms with Crippen molar-refractivity contribution in [2.75, 3.05) is 6.26 Å². The molecular formula is C10H8F3NO6S. The van der Waals surface area contributed by atoms with Crippen LogP contribution in [0.2, 0.25) is 0 Å². The molecule has 0 saturated carbocycles. The second kappa shape index (κ2) is 5.60. The number of aromatic carboxylic acids is 1. The molecule has 0 aliphatic rings. The maximum Gasteiger partial charge on any atom is 0.484 e. The first-order valence-electron chi connectivity index (χ1n) is 5.06. The molecule has 116 valence electrons. The Morgan fingerprint density at radius 2 is 1.86 bits per heavy atom. The fraction of sp³-hybridized carbons (Fsp3) is 0.200. The molecule has 1 aromatic carbocycles. The maximum atomic E-state index is 12.1. The number of nitrogens with one attached hydrogen (secondary N) is 1. The molecule has 0 heterocycles. The molecule has 0 fully saturated rings. The van der Waals surface area contributed by atoms with Crippen LogP contribution >= 0.6 is 0 Å². The second-order valence-electron chi connectivity index (χ2n) is 3.72. The van der Waals surface area contributed by atoms with Gasteiger partial charge in [0, 0.05) is 0 Å². The number of halogens is 3. The molecule has 0 saturated heterocycles. The molecular weight excluding hydrogens is 319 g/mol. The molecule has 0 unspecified atom stereocenters. The minimum atomic E-state index is -5.07. The van der Waals surface area contributed by atoms with E-state index in [0.29, 0.717) is 11.6 Å². The van der Waals surface area contributed by atoms with E-state index < -0.39 is 45.2 Å². The van der Waals surface area contributed by atoms with Crippen LogP contribution in [-0.2, 0) is 10.1 Å². The number of carboxylic acid groups (broad SMARTS) is 1. The van der Waals surface area contributed by atoms with Crippen molar-refractivity contribution in [3.63, 3.8) is 0 Å². The number of alkyl halides is 3. The highest BCUT2D eigenvalue weighted by Gasteiger charge is 2.33. The topological polar surface area (TPSA) is 110 Å². The number of carboxylic acids is 1. The van der Waals surface area contributed by atoms with Crippen molar-refractivity contribution in [2.24, 2.45) is 0 Å². The lowest BCUT2D eigenvalue weighted by Gasteiger charge is -2.12. The lowest BCUT2D eigenvalue weighted by Crippen LogP contribution is -2.38. The molecule has 7 nitrogen and oxygen atoms in total. The minimum Gasteiger partial charge on any atom is -0.478 e. The number of hydrogen-bond acceptors (Lipinski definition) is 5. The molecule has 0 aliphatic carbocycles. The summed E-state index contributed by atoms with van der Waals surface area (Å²) in [5.74, 6) is -4.33. The Hall–Kier alpha value is -2.30. The van der Waals surface area contributed by atoms with Gasteiger partial charge in [-0.3, -0.25) is 10.1 Å². The summed E-state index contributed by atoms with van der Waals surface area (Å²) in [5.41, 5.74) is -1.88. The molecule has 0 aromatic heterocycles. The summed E-state index contributed by atoms with van der Waals surface area (Å²) in [5, 5.41) is 9.57. The first-order valence-corrected chi connectivity index (χ1v) is 6.87. The van der Waals surface area contributed by atoms with Gasteiger partial charge in [0.25, 0.3) is 5.91 Å². The average Bonchev–Trinajstić information content (AvgIpc) is 2.23. The van der Waals surface area contributed by atoms with Gasteiger partial charge in [0.2, 0.25) is 0 Å². The highest BCUT2D eigenvalue weighted by atomic mass is 32.2. The van der Waals surface area contributed by atoms with Crippen LogP contribution in [-0.4, -0.2) is 38.0 Å². The lowest BCUT2D eigenvalue weighted by molar-refractivity contribution is -0.146. The van der Waals surface area contributed by atoms with Gasteiger partial charge in [-0.25, -0.2) is 4.79 Å². The Kier molecular flexibility index (Phi) is 4.46. The summed E-state index contributed by atoms with van der Waals surface area (Å²) in [6.45, 7) is 0. The van der Waals surface area contributed by atoms with Crippen LogP contribution in [0.5, 0.6) is 5.75 Å². The van der Waals surface area contributed by atoms with Gasteiger partial charge in [0.1, 0.15) is 5.56 Å². The summed E-state index contributed by atoms with van der Waals surface area (Å²) in [6, 6.07) is 2.67. The van der Waals surface area contributed by atoms with Gasteiger partial charge in [0.15, 0.2) is 5.75 Å². The van der Waals surface area contributed by atoms with E-state index in [1.54, 1.807) is 0 Å². The van der Waals surface area contributed by atoms with Gasteiger partial charge in [-0.15, -0.1) is 0 Å². The number of amides is 1. The zero-order valence-electron chi connectivity index (χ0n) is 10.3. The highest BCUT2D eigenvalue weighted by molar-refractivity contribution is 7.86. The van der Waals surface area contributed by atoms with Crippen LogP contribution in [0.15, 0.2) is 18.2 Å². The fourth-order valence-corrected chi connectivity index (χ4v) is 1.83. The van der Waals surface area contributed by atoms with Gasteiger partial charge in [-0.1, -0.05) is 6.07 Å². The predicted molar refractivity (Wildman–Crippen MR) is 62.4 cm³/mol. The lowest BCUT2D eigenvalue weighted by atomic mass is 10.1. The van der Waals surface area contributed by atoms with Gasteiger partial charge < -0.3 is 9.29 Å². The van der Waals surface area contributed by atoms with Crippen LogP contribution < -0.4 is 9.50 Å². The van der Waals surface area contributed by atoms with Gasteiger partial charge in [-0.05, 0) is 12.1 Å². The third-order valence-electron chi connectivity index (χ3n) is 1.98. The van der Waals surface area contributed by atoms with Crippen molar-refractivity contribution < 1.29 is 40.5 Å². The van der Waals surface area contributed by atoms with Gasteiger partial charge >= 0.3 is 22.4 Å². The van der Waals surface area contributed by atoms with Gasteiger partial charge in [-0.2, -0.15) is 21.6 Å². The number of hydrogen-bond donors (Lipinski definition) is 2. The van der Waals surface area contributed by atoms with Crippen molar-refractivity contribution >= 4 is 22.0 Å². The van der Waals surface area contributed by atoms with Crippen molar-refractivity contribution in [3.05, 3.63) is 29.3 Å². The van der Waals surface area contributed by atoms with E-state index in [9.17, 15) is 31.2 Å². The number of benzene rings is 1. The first kappa shape index (κ1) is 16.8. The summed E-state index contributed by atoms with van der Waals surface area (Å²) in [4.78, 5) is 22.5. The quantitative estimate of drug-likeness (QED) is 0.630. The molecule has 1 aromatic rings. The molecule has 1 rings (SSSR count). The van der Waals surface area contributed by atoms with E-state index in [2.05, 4.69) is 4.18 Å². The Morgan fingerprint density at radius 1 is 1.29 bits per heavy atom. The van der Waals surface area contributed by atoms with E-state index in [4.69, 9.17) is 5.11 Å². The number of carbonyl (C=O) groups excluding carboxylic acids is 1. The summed E-state index contributed by atoms with van der Waals surface area (Å²) in [7, 11) is -4.13. The van der Waals surface area contributed by atoms with Crippen molar-refractivity contribution in [1.82, 2.24) is 5.32 Å². The van der Waals surface area contributed by atoms with Crippen LogP contribution in [0.4, 0.5) is 13.2 Å². The zero-order valence-corrected chi connectivity index (χ0v) is 11.1. The third-order valence-corrected chi connectivity index (χ3v) is 2.46. The smallest absolute Gasteiger partial charge is 0.478 e. The maximum absolute atomic E-state index is 12.1. The van der Waals surface area contributed by atoms with Crippen LogP contribution in [0, 0.1) is 0 Å². The molecule has 0 spiro atoms. The van der Waals surface area contributed by atoms with Crippen LogP contribution in [0.1, 0.15) is 20.7 Å². The molecule has 0 bridgehead atoms. The van der Waals surface area contributed by atoms with E-state index in [1.165, 1.54) is 0 Å². The standard InChI is InChI=1S/C10H8F3NO6S/c1-21(18,19)20-6-4-2-3-5(7(6)9(16)17)8(15)14-10(11,12)13/h2-4H,1H3,(H,14,15)(H,16,17). The normalized spacial score (nSPS) is 11.8. The predicted octanol–water partition coefficient (Wildman–Crippen LogP) is 0.973. The second-order valence-corrected chi connectivity index (χ2v) is 5.30. The van der Waals surface area contributed by atoms with Crippen LogP contribution in [0.3, 0.4) is 0 Å². The minimum absolute atomic E-state index is 0.612. The Morgan fingerprint density at radius 3 is 2.29 bits per heavy atom.